The maximum absolute atomic E-state index is 13.1. The number of morpholine rings is 1. The number of carbonyl (C=O) groups excluding carboxylic acids is 1. The first-order chi connectivity index (χ1) is 15.7. The third-order valence-electron chi connectivity index (χ3n) is 6.36. The van der Waals surface area contributed by atoms with Crippen LogP contribution in [0.5, 0.6) is 0 Å². The number of likely N-dealkylation sites (tertiary alicyclic amines) is 1. The topological polar surface area (TPSA) is 97.6 Å². The van der Waals surface area contributed by atoms with E-state index in [-0.39, 0.29) is 6.03 Å². The minimum Gasteiger partial charge on any atom is -0.383 e. The highest BCUT2D eigenvalue weighted by Crippen LogP contribution is 2.37. The van der Waals surface area contributed by atoms with E-state index in [1.165, 1.54) is 5.56 Å². The number of nitrogens with zero attached hydrogens (tertiary/aromatic N) is 6. The van der Waals surface area contributed by atoms with Crippen LogP contribution in [0.3, 0.4) is 0 Å². The number of benzene rings is 1. The van der Waals surface area contributed by atoms with Gasteiger partial charge in [-0.25, -0.2) is 9.48 Å². The van der Waals surface area contributed by atoms with Crippen molar-refractivity contribution in [3.63, 3.8) is 0 Å². The standard InChI is InChI=1S/C22H33N7O3/c1-31-15-14-29-20(24-25-26-29)22(28-12-16-32-17-13-28)9-5-11-27(18-22)21(30)23-10-8-19-6-3-2-4-7-19/h2-4,6-7H,5,8-18H2,1H3,(H,23,30). The van der Waals surface area contributed by atoms with E-state index in [1.807, 2.05) is 27.8 Å². The molecule has 2 aliphatic heterocycles. The highest BCUT2D eigenvalue weighted by molar-refractivity contribution is 5.74. The fourth-order valence-corrected chi connectivity index (χ4v) is 4.72. The molecule has 32 heavy (non-hydrogen) atoms. The molecule has 0 spiro atoms. The highest BCUT2D eigenvalue weighted by atomic mass is 16.5. The molecule has 4 rings (SSSR count). The Hall–Kier alpha value is -2.56. The molecule has 2 aromatic rings. The van der Waals surface area contributed by atoms with Gasteiger partial charge in [0, 0.05) is 39.8 Å². The van der Waals surface area contributed by atoms with Crippen molar-refractivity contribution in [2.24, 2.45) is 0 Å². The maximum atomic E-state index is 13.1. The molecule has 1 atom stereocenters. The number of amides is 2. The van der Waals surface area contributed by atoms with E-state index in [0.717, 1.165) is 44.7 Å². The molecule has 10 heteroatoms. The second-order valence-corrected chi connectivity index (χ2v) is 8.34. The summed E-state index contributed by atoms with van der Waals surface area (Å²) in [7, 11) is 1.67. The lowest BCUT2D eigenvalue weighted by molar-refractivity contribution is -0.0553. The summed E-state index contributed by atoms with van der Waals surface area (Å²) in [5.74, 6) is 0.804. The van der Waals surface area contributed by atoms with E-state index in [9.17, 15) is 4.79 Å². The molecule has 1 aromatic heterocycles. The van der Waals surface area contributed by atoms with Gasteiger partial charge >= 0.3 is 6.03 Å². The quantitative estimate of drug-likeness (QED) is 0.647. The van der Waals surface area contributed by atoms with Crippen LogP contribution in [0.2, 0.25) is 0 Å². The van der Waals surface area contributed by atoms with Crippen LogP contribution in [-0.2, 0) is 28.0 Å². The van der Waals surface area contributed by atoms with Crippen molar-refractivity contribution in [3.05, 3.63) is 41.7 Å². The van der Waals surface area contributed by atoms with Gasteiger partial charge in [0.25, 0.3) is 0 Å². The van der Waals surface area contributed by atoms with Gasteiger partial charge in [-0.2, -0.15) is 0 Å². The lowest BCUT2D eigenvalue weighted by atomic mass is 9.85. The van der Waals surface area contributed by atoms with E-state index in [0.29, 0.717) is 39.5 Å². The SMILES string of the molecule is COCCn1nnnc1C1(N2CCOCC2)CCCN(C(=O)NCCc2ccccc2)C1. The van der Waals surface area contributed by atoms with E-state index in [2.05, 4.69) is 37.9 Å². The second-order valence-electron chi connectivity index (χ2n) is 8.34. The molecule has 1 N–H and O–H groups in total. The summed E-state index contributed by atoms with van der Waals surface area (Å²) in [5, 5.41) is 15.7. The predicted octanol–water partition coefficient (Wildman–Crippen LogP) is 0.895. The smallest absolute Gasteiger partial charge is 0.317 e. The van der Waals surface area contributed by atoms with Gasteiger partial charge in [-0.3, -0.25) is 4.90 Å². The lowest BCUT2D eigenvalue weighted by Crippen LogP contribution is -2.62. The van der Waals surface area contributed by atoms with Gasteiger partial charge in [0.15, 0.2) is 5.82 Å². The van der Waals surface area contributed by atoms with Crippen molar-refractivity contribution in [2.45, 2.75) is 31.3 Å². The average Bonchev–Trinajstić information content (AvgIpc) is 3.33. The van der Waals surface area contributed by atoms with Crippen LogP contribution in [0.4, 0.5) is 4.79 Å². The summed E-state index contributed by atoms with van der Waals surface area (Å²) in [4.78, 5) is 17.4. The molecule has 3 heterocycles. The van der Waals surface area contributed by atoms with Gasteiger partial charge in [0.2, 0.25) is 0 Å². The highest BCUT2D eigenvalue weighted by Gasteiger charge is 2.47. The van der Waals surface area contributed by atoms with Gasteiger partial charge < -0.3 is 19.7 Å². The molecular formula is C22H33N7O3. The second kappa shape index (κ2) is 10.8. The normalized spacial score (nSPS) is 22.1. The summed E-state index contributed by atoms with van der Waals surface area (Å²) < 4.78 is 12.7. The number of piperidine rings is 1. The van der Waals surface area contributed by atoms with Gasteiger partial charge in [-0.1, -0.05) is 30.3 Å². The number of hydrogen-bond acceptors (Lipinski definition) is 7. The first kappa shape index (κ1) is 22.6. The van der Waals surface area contributed by atoms with Crippen LogP contribution in [0.15, 0.2) is 30.3 Å². The zero-order chi connectivity index (χ0) is 22.2. The number of carbonyl (C=O) groups is 1. The Bertz CT molecular complexity index is 856. The van der Waals surface area contributed by atoms with E-state index in [4.69, 9.17) is 9.47 Å². The average molecular weight is 444 g/mol. The molecule has 1 unspecified atom stereocenters. The van der Waals surface area contributed by atoms with Crippen LogP contribution in [0.1, 0.15) is 24.2 Å². The Morgan fingerprint density at radius 1 is 1.22 bits per heavy atom. The Balaban J connectivity index is 1.49. The van der Waals surface area contributed by atoms with Crippen LogP contribution in [0.25, 0.3) is 0 Å². The fourth-order valence-electron chi connectivity index (χ4n) is 4.72. The third kappa shape index (κ3) is 5.08. The molecule has 2 saturated heterocycles. The van der Waals surface area contributed by atoms with E-state index >= 15 is 0 Å². The molecule has 2 amide bonds. The Kier molecular flexibility index (Phi) is 7.67. The monoisotopic (exact) mass is 443 g/mol. The van der Waals surface area contributed by atoms with Gasteiger partial charge in [-0.15, -0.1) is 5.10 Å². The molecular weight excluding hydrogens is 410 g/mol. The molecule has 1 aromatic carbocycles. The molecule has 174 valence electrons. The maximum Gasteiger partial charge on any atom is 0.317 e. The number of ether oxygens (including phenoxy) is 2. The van der Waals surface area contributed by atoms with Crippen molar-refractivity contribution in [2.75, 3.05) is 59.7 Å². The fraction of sp³-hybridized carbons (Fsp3) is 0.636. The number of tetrazole rings is 1. The molecule has 0 radical (unpaired) electrons. The molecule has 2 aliphatic rings. The summed E-state index contributed by atoms with van der Waals surface area (Å²) in [5.41, 5.74) is 0.780. The molecule has 0 aliphatic carbocycles. The first-order valence-electron chi connectivity index (χ1n) is 11.4. The van der Waals surface area contributed by atoms with Crippen LogP contribution >= 0.6 is 0 Å². The van der Waals surface area contributed by atoms with Crippen LogP contribution < -0.4 is 5.32 Å². The zero-order valence-electron chi connectivity index (χ0n) is 18.8. The zero-order valence-corrected chi connectivity index (χ0v) is 18.8. The number of urea groups is 1. The first-order valence-corrected chi connectivity index (χ1v) is 11.4. The third-order valence-corrected chi connectivity index (χ3v) is 6.36. The minimum atomic E-state index is -0.434. The van der Waals surface area contributed by atoms with E-state index in [1.54, 1.807) is 7.11 Å². The van der Waals surface area contributed by atoms with Crippen molar-refractivity contribution < 1.29 is 14.3 Å². The summed E-state index contributed by atoms with van der Waals surface area (Å²) in [6.45, 7) is 5.92. The van der Waals surface area contributed by atoms with Gasteiger partial charge in [-0.05, 0) is 35.3 Å². The number of aromatic nitrogens is 4. The van der Waals surface area contributed by atoms with Crippen molar-refractivity contribution >= 4 is 6.03 Å². The Labute approximate surface area is 188 Å². The Morgan fingerprint density at radius 2 is 2.03 bits per heavy atom. The summed E-state index contributed by atoms with van der Waals surface area (Å²) in [6, 6.07) is 10.2. The number of nitrogens with one attached hydrogen (secondary N) is 1. The van der Waals surface area contributed by atoms with Crippen molar-refractivity contribution in [3.8, 4) is 0 Å². The molecule has 0 bridgehead atoms. The number of hydrogen-bond donors (Lipinski definition) is 1. The largest absolute Gasteiger partial charge is 0.383 e. The number of rotatable bonds is 8. The van der Waals surface area contributed by atoms with E-state index < -0.39 is 5.54 Å². The molecule has 2 fully saturated rings. The Morgan fingerprint density at radius 3 is 2.81 bits per heavy atom. The number of methoxy groups -OCH3 is 1. The van der Waals surface area contributed by atoms with Crippen LogP contribution in [0, 0.1) is 0 Å². The van der Waals surface area contributed by atoms with Gasteiger partial charge in [0.05, 0.1) is 26.4 Å². The lowest BCUT2D eigenvalue weighted by Gasteiger charge is -2.49. The van der Waals surface area contributed by atoms with Gasteiger partial charge in [0.1, 0.15) is 5.54 Å². The van der Waals surface area contributed by atoms with Crippen molar-refractivity contribution in [1.82, 2.24) is 35.3 Å². The summed E-state index contributed by atoms with van der Waals surface area (Å²) in [6.07, 6.45) is 2.60. The molecule has 0 saturated carbocycles. The summed E-state index contributed by atoms with van der Waals surface area (Å²) >= 11 is 0. The minimum absolute atomic E-state index is 0.0332. The predicted molar refractivity (Wildman–Crippen MR) is 118 cm³/mol. The van der Waals surface area contributed by atoms with Crippen molar-refractivity contribution in [1.29, 1.82) is 0 Å². The molecule has 10 nitrogen and oxygen atoms in total. The van der Waals surface area contributed by atoms with Crippen LogP contribution in [-0.4, -0.2) is 95.7 Å².